The summed E-state index contributed by atoms with van der Waals surface area (Å²) < 4.78 is 24.7. The Labute approximate surface area is 79.1 Å². The van der Waals surface area contributed by atoms with E-state index in [0.29, 0.717) is 11.4 Å². The van der Waals surface area contributed by atoms with E-state index in [9.17, 15) is 13.6 Å². The third kappa shape index (κ3) is 1.41. The lowest BCUT2D eigenvalue weighted by Gasteiger charge is -2.25. The predicted molar refractivity (Wildman–Crippen MR) is 48.5 cm³/mol. The van der Waals surface area contributed by atoms with Gasteiger partial charge in [0.15, 0.2) is 6.04 Å². The second kappa shape index (κ2) is 3.25. The Balaban J connectivity index is 2.31. The SMILES string of the molecule is O=C1Nc2ccccc2NC1C(F)F. The van der Waals surface area contributed by atoms with Gasteiger partial charge >= 0.3 is 0 Å². The highest BCUT2D eigenvalue weighted by Crippen LogP contribution is 2.27. The average Bonchev–Trinajstić information content (AvgIpc) is 2.16. The lowest BCUT2D eigenvalue weighted by molar-refractivity contribution is -0.119. The van der Waals surface area contributed by atoms with Crippen LogP contribution in [0.15, 0.2) is 24.3 Å². The summed E-state index contributed by atoms with van der Waals surface area (Å²) in [6, 6.07) is 5.28. The Morgan fingerprint density at radius 1 is 1.21 bits per heavy atom. The highest BCUT2D eigenvalue weighted by Gasteiger charge is 2.32. The predicted octanol–water partition coefficient (Wildman–Crippen LogP) is 1.68. The second-order valence-corrected chi connectivity index (χ2v) is 2.99. The highest BCUT2D eigenvalue weighted by atomic mass is 19.3. The summed E-state index contributed by atoms with van der Waals surface area (Å²) in [6.07, 6.45) is -2.71. The maximum atomic E-state index is 12.3. The van der Waals surface area contributed by atoms with Crippen molar-refractivity contribution in [2.45, 2.75) is 12.5 Å². The molecule has 0 spiro atoms. The fourth-order valence-corrected chi connectivity index (χ4v) is 1.34. The topological polar surface area (TPSA) is 41.1 Å². The molecule has 1 unspecified atom stereocenters. The van der Waals surface area contributed by atoms with Crippen LogP contribution in [0.5, 0.6) is 0 Å². The molecule has 0 aliphatic carbocycles. The van der Waals surface area contributed by atoms with Gasteiger partial charge in [-0.2, -0.15) is 0 Å². The standard InChI is InChI=1S/C9H8F2N2O/c10-8(11)7-9(14)13-6-4-2-1-3-5(6)12-7/h1-4,7-8,12H,(H,13,14). The third-order valence-corrected chi connectivity index (χ3v) is 2.03. The van der Waals surface area contributed by atoms with Crippen molar-refractivity contribution in [3.63, 3.8) is 0 Å². The van der Waals surface area contributed by atoms with Crippen LogP contribution in [0, 0.1) is 0 Å². The molecule has 1 atom stereocenters. The van der Waals surface area contributed by atoms with Crippen LogP contribution in [-0.2, 0) is 4.79 Å². The minimum absolute atomic E-state index is 0.525. The molecule has 74 valence electrons. The van der Waals surface area contributed by atoms with Crippen LogP contribution in [0.3, 0.4) is 0 Å². The molecule has 2 N–H and O–H groups in total. The number of halogens is 2. The monoisotopic (exact) mass is 198 g/mol. The summed E-state index contributed by atoms with van der Waals surface area (Å²) in [7, 11) is 0. The molecule has 1 aliphatic heterocycles. The Kier molecular flexibility index (Phi) is 2.07. The van der Waals surface area contributed by atoms with Crippen LogP contribution in [0.1, 0.15) is 0 Å². The summed E-state index contributed by atoms with van der Waals surface area (Å²) in [5, 5.41) is 4.89. The van der Waals surface area contributed by atoms with Crippen molar-refractivity contribution in [2.75, 3.05) is 10.6 Å². The maximum Gasteiger partial charge on any atom is 0.267 e. The number of fused-ring (bicyclic) bond motifs is 1. The lowest BCUT2D eigenvalue weighted by atomic mass is 10.1. The number of para-hydroxylation sites is 2. The number of carbonyl (C=O) groups is 1. The number of alkyl halides is 2. The van der Waals surface area contributed by atoms with Gasteiger partial charge in [0.2, 0.25) is 0 Å². The van der Waals surface area contributed by atoms with E-state index in [1.807, 2.05) is 0 Å². The Morgan fingerprint density at radius 2 is 1.86 bits per heavy atom. The molecule has 0 saturated heterocycles. The fourth-order valence-electron chi connectivity index (χ4n) is 1.34. The molecule has 1 amide bonds. The van der Waals surface area contributed by atoms with E-state index in [0.717, 1.165) is 0 Å². The third-order valence-electron chi connectivity index (χ3n) is 2.03. The second-order valence-electron chi connectivity index (χ2n) is 2.99. The first-order valence-electron chi connectivity index (χ1n) is 4.13. The summed E-state index contributed by atoms with van der Waals surface area (Å²) in [6.45, 7) is 0. The van der Waals surface area contributed by atoms with E-state index in [1.165, 1.54) is 0 Å². The first-order chi connectivity index (χ1) is 6.68. The van der Waals surface area contributed by atoms with Crippen molar-refractivity contribution >= 4 is 17.3 Å². The summed E-state index contributed by atoms with van der Waals surface area (Å²) in [5.74, 6) is -0.696. The molecule has 5 heteroatoms. The van der Waals surface area contributed by atoms with Crippen LogP contribution in [0.2, 0.25) is 0 Å². The summed E-state index contributed by atoms with van der Waals surface area (Å²) in [4.78, 5) is 11.1. The van der Waals surface area contributed by atoms with E-state index in [2.05, 4.69) is 10.6 Å². The van der Waals surface area contributed by atoms with Gasteiger partial charge in [-0.1, -0.05) is 12.1 Å². The molecule has 1 aromatic rings. The maximum absolute atomic E-state index is 12.3. The van der Waals surface area contributed by atoms with Gasteiger partial charge in [-0.05, 0) is 12.1 Å². The minimum atomic E-state index is -2.71. The van der Waals surface area contributed by atoms with Crippen LogP contribution in [-0.4, -0.2) is 18.4 Å². The molecule has 0 aromatic heterocycles. The Hall–Kier alpha value is -1.65. The van der Waals surface area contributed by atoms with Crippen LogP contribution >= 0.6 is 0 Å². The largest absolute Gasteiger partial charge is 0.367 e. The molecule has 2 rings (SSSR count). The van der Waals surface area contributed by atoms with Gasteiger partial charge in [-0.25, -0.2) is 8.78 Å². The summed E-state index contributed by atoms with van der Waals surface area (Å²) >= 11 is 0. The number of hydrogen-bond donors (Lipinski definition) is 2. The average molecular weight is 198 g/mol. The van der Waals surface area contributed by atoms with Crippen molar-refractivity contribution in [2.24, 2.45) is 0 Å². The van der Waals surface area contributed by atoms with Crippen LogP contribution in [0.4, 0.5) is 20.2 Å². The van der Waals surface area contributed by atoms with Crippen molar-refractivity contribution in [1.82, 2.24) is 0 Å². The van der Waals surface area contributed by atoms with Crippen molar-refractivity contribution < 1.29 is 13.6 Å². The van der Waals surface area contributed by atoms with Gasteiger partial charge in [0.25, 0.3) is 12.3 Å². The number of nitrogens with one attached hydrogen (secondary N) is 2. The number of amides is 1. The van der Waals surface area contributed by atoms with Gasteiger partial charge in [-0.15, -0.1) is 0 Å². The van der Waals surface area contributed by atoms with Gasteiger partial charge in [0, 0.05) is 0 Å². The molecule has 0 radical (unpaired) electrons. The van der Waals surface area contributed by atoms with Crippen LogP contribution in [0.25, 0.3) is 0 Å². The number of hydrogen-bond acceptors (Lipinski definition) is 2. The first kappa shape index (κ1) is 8.93. The van der Waals surface area contributed by atoms with Crippen molar-refractivity contribution in [1.29, 1.82) is 0 Å². The molecular formula is C9H8F2N2O. The normalized spacial score (nSPS) is 19.9. The first-order valence-corrected chi connectivity index (χ1v) is 4.13. The molecule has 0 bridgehead atoms. The smallest absolute Gasteiger partial charge is 0.267 e. The van der Waals surface area contributed by atoms with E-state index >= 15 is 0 Å². The quantitative estimate of drug-likeness (QED) is 0.720. The van der Waals surface area contributed by atoms with Gasteiger partial charge in [-0.3, -0.25) is 4.79 Å². The molecule has 0 saturated carbocycles. The zero-order chi connectivity index (χ0) is 10.1. The minimum Gasteiger partial charge on any atom is -0.367 e. The highest BCUT2D eigenvalue weighted by molar-refractivity contribution is 6.03. The molecule has 14 heavy (non-hydrogen) atoms. The number of benzene rings is 1. The fraction of sp³-hybridized carbons (Fsp3) is 0.222. The Morgan fingerprint density at radius 3 is 2.50 bits per heavy atom. The van der Waals surface area contributed by atoms with E-state index in [1.54, 1.807) is 24.3 Å². The van der Waals surface area contributed by atoms with Crippen LogP contribution < -0.4 is 10.6 Å². The van der Waals surface area contributed by atoms with E-state index in [-0.39, 0.29) is 0 Å². The zero-order valence-electron chi connectivity index (χ0n) is 7.13. The number of carbonyl (C=O) groups excluding carboxylic acids is 1. The molecule has 1 heterocycles. The Bertz CT molecular complexity index is 368. The van der Waals surface area contributed by atoms with Gasteiger partial charge < -0.3 is 10.6 Å². The van der Waals surface area contributed by atoms with Gasteiger partial charge in [0.05, 0.1) is 11.4 Å². The number of rotatable bonds is 1. The van der Waals surface area contributed by atoms with Gasteiger partial charge in [0.1, 0.15) is 0 Å². The molecule has 1 aliphatic rings. The molecule has 3 nitrogen and oxygen atoms in total. The van der Waals surface area contributed by atoms with Crippen molar-refractivity contribution in [3.05, 3.63) is 24.3 Å². The molecule has 1 aromatic carbocycles. The molecular weight excluding hydrogens is 190 g/mol. The molecule has 0 fully saturated rings. The van der Waals surface area contributed by atoms with Crippen molar-refractivity contribution in [3.8, 4) is 0 Å². The zero-order valence-corrected chi connectivity index (χ0v) is 7.13. The summed E-state index contributed by atoms with van der Waals surface area (Å²) in [5.41, 5.74) is 1.06. The lowest BCUT2D eigenvalue weighted by Crippen LogP contribution is -2.43. The van der Waals surface area contributed by atoms with E-state index in [4.69, 9.17) is 0 Å². The van der Waals surface area contributed by atoms with E-state index < -0.39 is 18.4 Å². The number of anilines is 2.